The van der Waals surface area contributed by atoms with Gasteiger partial charge in [0.2, 0.25) is 0 Å². The van der Waals surface area contributed by atoms with Crippen LogP contribution in [0.1, 0.15) is 25.0 Å². The maximum Gasteiger partial charge on any atom is 0.0541 e. The summed E-state index contributed by atoms with van der Waals surface area (Å²) in [5.41, 5.74) is 18.0. The van der Waals surface area contributed by atoms with Crippen molar-refractivity contribution in [2.75, 3.05) is 5.32 Å². The van der Waals surface area contributed by atoms with E-state index in [2.05, 4.69) is 193 Å². The van der Waals surface area contributed by atoms with Crippen molar-refractivity contribution in [2.45, 2.75) is 19.3 Å². The Morgan fingerprint density at radius 3 is 2.00 bits per heavy atom. The first-order valence-corrected chi connectivity index (χ1v) is 18.3. The molecule has 0 fully saturated rings. The Hall–Kier alpha value is -6.71. The highest BCUT2D eigenvalue weighted by molar-refractivity contribution is 6.10. The van der Waals surface area contributed by atoms with Crippen LogP contribution >= 0.6 is 0 Å². The highest BCUT2D eigenvalue weighted by atomic mass is 15.0. The van der Waals surface area contributed by atoms with Crippen LogP contribution in [0.2, 0.25) is 0 Å². The van der Waals surface area contributed by atoms with Gasteiger partial charge in [0, 0.05) is 51.2 Å². The van der Waals surface area contributed by atoms with Gasteiger partial charge in [-0.25, -0.2) is 0 Å². The first-order chi connectivity index (χ1) is 26.0. The van der Waals surface area contributed by atoms with Gasteiger partial charge in [0.15, 0.2) is 0 Å². The topological polar surface area (TPSA) is 29.9 Å². The van der Waals surface area contributed by atoms with Crippen molar-refractivity contribution >= 4 is 33.2 Å². The molecule has 0 saturated carbocycles. The van der Waals surface area contributed by atoms with E-state index in [0.29, 0.717) is 0 Å². The molecule has 1 N–H and O–H groups in total. The van der Waals surface area contributed by atoms with Crippen LogP contribution in [0.25, 0.3) is 72.0 Å². The average Bonchev–Trinajstić information content (AvgIpc) is 3.67. The molecule has 0 radical (unpaired) electrons. The number of benzene rings is 7. The molecule has 3 nitrogen and oxygen atoms in total. The summed E-state index contributed by atoms with van der Waals surface area (Å²) in [6.07, 6.45) is 3.72. The Morgan fingerprint density at radius 2 is 1.19 bits per heavy atom. The summed E-state index contributed by atoms with van der Waals surface area (Å²) in [5.74, 6) is 0. The predicted octanol–water partition coefficient (Wildman–Crippen LogP) is 13.2. The van der Waals surface area contributed by atoms with Gasteiger partial charge in [0.1, 0.15) is 0 Å². The van der Waals surface area contributed by atoms with Crippen LogP contribution in [0.15, 0.2) is 182 Å². The van der Waals surface area contributed by atoms with E-state index >= 15 is 0 Å². The summed E-state index contributed by atoms with van der Waals surface area (Å²) in [5, 5.41) is 6.34. The Kier molecular flexibility index (Phi) is 7.16. The van der Waals surface area contributed by atoms with Crippen LogP contribution in [0.5, 0.6) is 0 Å². The van der Waals surface area contributed by atoms with Crippen LogP contribution in [0.3, 0.4) is 0 Å². The van der Waals surface area contributed by atoms with Gasteiger partial charge in [-0.2, -0.15) is 0 Å². The zero-order chi connectivity index (χ0) is 35.5. The molecule has 252 valence electrons. The third-order valence-electron chi connectivity index (χ3n) is 11.1. The van der Waals surface area contributed by atoms with Crippen LogP contribution in [-0.4, -0.2) is 9.55 Å². The molecule has 1 aliphatic rings. The predicted molar refractivity (Wildman–Crippen MR) is 222 cm³/mol. The third-order valence-corrected chi connectivity index (χ3v) is 11.1. The minimum Gasteiger partial charge on any atom is -0.355 e. The lowest BCUT2D eigenvalue weighted by Gasteiger charge is -2.27. The molecule has 1 aliphatic carbocycles. The fourth-order valence-electron chi connectivity index (χ4n) is 8.55. The number of aromatic nitrogens is 2. The molecule has 0 amide bonds. The largest absolute Gasteiger partial charge is 0.355 e. The first-order valence-electron chi connectivity index (χ1n) is 18.3. The van der Waals surface area contributed by atoms with Gasteiger partial charge in [0.05, 0.1) is 11.0 Å². The van der Waals surface area contributed by atoms with E-state index in [1.54, 1.807) is 0 Å². The zero-order valence-electron chi connectivity index (χ0n) is 29.7. The lowest BCUT2D eigenvalue weighted by atomic mass is 9.78. The quantitative estimate of drug-likeness (QED) is 0.190. The molecule has 3 heteroatoms. The molecular formula is C50H37N3. The van der Waals surface area contributed by atoms with Gasteiger partial charge in [-0.05, 0) is 105 Å². The lowest BCUT2D eigenvalue weighted by molar-refractivity contribution is 0.662. The average molecular weight is 680 g/mol. The van der Waals surface area contributed by atoms with Gasteiger partial charge in [0.25, 0.3) is 0 Å². The number of rotatable bonds is 6. The fourth-order valence-corrected chi connectivity index (χ4v) is 8.55. The molecule has 53 heavy (non-hydrogen) atoms. The standard InChI is InChI=1S/C50H37N3/c1-50(2)44-16-8-6-14-40(44)42-27-28-45(52-38-25-22-34(23-26-38)37-11-10-30-51-32-37)48(49(42)50)35-20-18-33(19-21-35)36-24-29-47-43(31-36)41-15-7-9-17-46(41)53(47)39-12-4-3-5-13-39/h3-32,52H,1-2H3. The SMILES string of the molecule is CC1(C)c2ccccc2-c2ccc(Nc3ccc(-c4cccnc4)cc3)c(-c3ccc(-c4ccc5c(c4)c4ccccc4n5-c4ccccc4)cc3)c21. The second-order valence-corrected chi connectivity index (χ2v) is 14.5. The summed E-state index contributed by atoms with van der Waals surface area (Å²) in [7, 11) is 0. The van der Waals surface area contributed by atoms with Gasteiger partial charge < -0.3 is 9.88 Å². The number of pyridine rings is 1. The van der Waals surface area contributed by atoms with Crippen molar-refractivity contribution in [3.05, 3.63) is 193 Å². The van der Waals surface area contributed by atoms with Crippen molar-refractivity contribution in [3.8, 4) is 50.2 Å². The first kappa shape index (κ1) is 31.1. The fraction of sp³-hybridized carbons (Fsp3) is 0.0600. The van der Waals surface area contributed by atoms with Crippen LogP contribution in [0.4, 0.5) is 11.4 Å². The molecule has 10 rings (SSSR count). The van der Waals surface area contributed by atoms with E-state index in [9.17, 15) is 0 Å². The number of hydrogen-bond donors (Lipinski definition) is 1. The Bertz CT molecular complexity index is 2790. The molecule has 0 atom stereocenters. The Balaban J connectivity index is 1.07. The maximum atomic E-state index is 4.31. The summed E-state index contributed by atoms with van der Waals surface area (Å²) in [6, 6.07) is 61.6. The summed E-state index contributed by atoms with van der Waals surface area (Å²) in [6.45, 7) is 4.73. The Morgan fingerprint density at radius 1 is 0.509 bits per heavy atom. The smallest absolute Gasteiger partial charge is 0.0541 e. The van der Waals surface area contributed by atoms with Crippen molar-refractivity contribution < 1.29 is 0 Å². The molecule has 2 aromatic heterocycles. The number of para-hydroxylation sites is 2. The molecule has 0 spiro atoms. The van der Waals surface area contributed by atoms with E-state index in [-0.39, 0.29) is 5.41 Å². The zero-order valence-corrected chi connectivity index (χ0v) is 29.7. The van der Waals surface area contributed by atoms with Gasteiger partial charge >= 0.3 is 0 Å². The molecule has 0 aliphatic heterocycles. The second kappa shape index (κ2) is 12.2. The van der Waals surface area contributed by atoms with Crippen molar-refractivity contribution in [1.29, 1.82) is 0 Å². The molecule has 9 aromatic rings. The summed E-state index contributed by atoms with van der Waals surface area (Å²) >= 11 is 0. The molecule has 0 bridgehead atoms. The molecule has 0 unspecified atom stereocenters. The number of anilines is 2. The minimum absolute atomic E-state index is 0.167. The van der Waals surface area contributed by atoms with Crippen molar-refractivity contribution in [1.82, 2.24) is 9.55 Å². The minimum atomic E-state index is -0.167. The van der Waals surface area contributed by atoms with E-state index in [0.717, 1.165) is 22.5 Å². The van der Waals surface area contributed by atoms with E-state index < -0.39 is 0 Å². The molecule has 2 heterocycles. The van der Waals surface area contributed by atoms with Gasteiger partial charge in [-0.15, -0.1) is 0 Å². The highest BCUT2D eigenvalue weighted by Gasteiger charge is 2.38. The van der Waals surface area contributed by atoms with Crippen molar-refractivity contribution in [2.24, 2.45) is 0 Å². The molecule has 0 saturated heterocycles. The molecular weight excluding hydrogens is 643 g/mol. The van der Waals surface area contributed by atoms with Crippen LogP contribution in [0, 0.1) is 0 Å². The normalized spacial score (nSPS) is 12.9. The highest BCUT2D eigenvalue weighted by Crippen LogP contribution is 2.54. The second-order valence-electron chi connectivity index (χ2n) is 14.5. The van der Waals surface area contributed by atoms with Gasteiger partial charge in [-0.1, -0.05) is 129 Å². The number of nitrogens with one attached hydrogen (secondary N) is 1. The maximum absolute atomic E-state index is 4.31. The third kappa shape index (κ3) is 5.08. The van der Waals surface area contributed by atoms with E-state index in [4.69, 9.17) is 0 Å². The lowest BCUT2D eigenvalue weighted by Crippen LogP contribution is -2.17. The number of nitrogens with zero attached hydrogens (tertiary/aromatic N) is 2. The molecule has 7 aromatic carbocycles. The van der Waals surface area contributed by atoms with Crippen LogP contribution < -0.4 is 5.32 Å². The van der Waals surface area contributed by atoms with Gasteiger partial charge in [-0.3, -0.25) is 4.98 Å². The van der Waals surface area contributed by atoms with Crippen molar-refractivity contribution in [3.63, 3.8) is 0 Å². The summed E-state index contributed by atoms with van der Waals surface area (Å²) < 4.78 is 2.37. The summed E-state index contributed by atoms with van der Waals surface area (Å²) in [4.78, 5) is 4.31. The van der Waals surface area contributed by atoms with E-state index in [1.807, 2.05) is 18.5 Å². The Labute approximate surface area is 309 Å². The van der Waals surface area contributed by atoms with E-state index in [1.165, 1.54) is 72.0 Å². The van der Waals surface area contributed by atoms with Crippen LogP contribution in [-0.2, 0) is 5.41 Å². The monoisotopic (exact) mass is 679 g/mol. The number of fused-ring (bicyclic) bond motifs is 6. The number of hydrogen-bond acceptors (Lipinski definition) is 2.